The van der Waals surface area contributed by atoms with E-state index in [1.54, 1.807) is 11.3 Å². The lowest BCUT2D eigenvalue weighted by molar-refractivity contribution is 0.206. The van der Waals surface area contributed by atoms with Crippen LogP contribution in [0.5, 0.6) is 5.75 Å². The van der Waals surface area contributed by atoms with Crippen LogP contribution in [0, 0.1) is 6.92 Å². The number of benzene rings is 2. The van der Waals surface area contributed by atoms with Crippen LogP contribution in [-0.4, -0.2) is 38.7 Å². The van der Waals surface area contributed by atoms with E-state index < -0.39 is 0 Å². The Balaban J connectivity index is 1.34. The largest absolute Gasteiger partial charge is 0.492 e. The molecule has 0 atom stereocenters. The number of fused-ring (bicyclic) bond motifs is 3. The average Bonchev–Trinajstić information content (AvgIpc) is 3.33. The van der Waals surface area contributed by atoms with Gasteiger partial charge in [-0.1, -0.05) is 53.3 Å². The fourth-order valence-corrected chi connectivity index (χ4v) is 4.85. The maximum Gasteiger partial charge on any atom is 0.322 e. The highest BCUT2D eigenvalue weighted by Gasteiger charge is 2.26. The Morgan fingerprint density at radius 3 is 2.81 bits per heavy atom. The van der Waals surface area contributed by atoms with Gasteiger partial charge in [0.1, 0.15) is 5.75 Å². The lowest BCUT2D eigenvalue weighted by Crippen LogP contribution is -2.38. The topological polar surface area (TPSA) is 71.8 Å². The highest BCUT2D eigenvalue weighted by molar-refractivity contribution is 7.17. The van der Waals surface area contributed by atoms with E-state index in [4.69, 9.17) is 14.8 Å². The molecule has 0 unspecified atom stereocenters. The third-order valence-electron chi connectivity index (χ3n) is 5.35. The minimum absolute atomic E-state index is 0.128. The van der Waals surface area contributed by atoms with Crippen LogP contribution >= 0.6 is 11.3 Å². The molecule has 0 saturated heterocycles. The Bertz CT molecular complexity index is 1240. The Morgan fingerprint density at radius 1 is 1.19 bits per heavy atom. The Labute approximate surface area is 184 Å². The van der Waals surface area contributed by atoms with Gasteiger partial charge in [0.2, 0.25) is 4.96 Å². The van der Waals surface area contributed by atoms with Crippen molar-refractivity contribution in [3.05, 3.63) is 64.7 Å². The summed E-state index contributed by atoms with van der Waals surface area (Å²) in [5.74, 6) is 1.42. The van der Waals surface area contributed by atoms with E-state index in [1.807, 2.05) is 52.7 Å². The molecule has 2 aromatic heterocycles. The number of thiazole rings is 1. The number of hydrogen-bond donors (Lipinski definition) is 1. The Morgan fingerprint density at radius 2 is 2.00 bits per heavy atom. The van der Waals surface area contributed by atoms with Gasteiger partial charge in [0.15, 0.2) is 5.82 Å². The first-order chi connectivity index (χ1) is 15.1. The van der Waals surface area contributed by atoms with Gasteiger partial charge in [-0.3, -0.25) is 0 Å². The number of urea groups is 1. The monoisotopic (exact) mass is 433 g/mol. The van der Waals surface area contributed by atoms with Crippen molar-refractivity contribution in [1.82, 2.24) is 19.5 Å². The maximum absolute atomic E-state index is 12.9. The quantitative estimate of drug-likeness (QED) is 0.504. The molecule has 158 valence electrons. The van der Waals surface area contributed by atoms with E-state index in [-0.39, 0.29) is 6.03 Å². The number of hydrogen-bond acceptors (Lipinski definition) is 5. The molecule has 0 radical (unpaired) electrons. The van der Waals surface area contributed by atoms with Crippen molar-refractivity contribution < 1.29 is 9.53 Å². The molecule has 8 heteroatoms. The second-order valence-electron chi connectivity index (χ2n) is 7.50. The summed E-state index contributed by atoms with van der Waals surface area (Å²) in [6.45, 7) is 5.72. The molecule has 5 rings (SSSR count). The standard InChI is InChI=1S/C23H23N5O2S/c1-3-30-19-7-5-4-6-17(19)24-22(29)27-13-12-18-20(14-27)31-23-25-21(26-28(18)23)16-10-8-15(2)9-11-16/h4-11H,3,12-14H2,1-2H3,(H,24,29). The molecule has 2 amide bonds. The molecule has 0 aliphatic carbocycles. The average molecular weight is 434 g/mol. The summed E-state index contributed by atoms with van der Waals surface area (Å²) in [5, 5.41) is 7.72. The zero-order valence-electron chi connectivity index (χ0n) is 17.5. The van der Waals surface area contributed by atoms with Gasteiger partial charge >= 0.3 is 6.03 Å². The number of rotatable bonds is 4. The molecule has 4 aromatic rings. The number of aryl methyl sites for hydroxylation is 1. The van der Waals surface area contributed by atoms with Gasteiger partial charge in [-0.05, 0) is 26.0 Å². The zero-order valence-corrected chi connectivity index (χ0v) is 18.3. The van der Waals surface area contributed by atoms with E-state index >= 15 is 0 Å². The highest BCUT2D eigenvalue weighted by atomic mass is 32.1. The first-order valence-electron chi connectivity index (χ1n) is 10.3. The number of ether oxygens (including phenoxy) is 1. The van der Waals surface area contributed by atoms with Crippen LogP contribution in [0.15, 0.2) is 48.5 Å². The van der Waals surface area contributed by atoms with Gasteiger partial charge in [0.25, 0.3) is 0 Å². The first kappa shape index (κ1) is 19.6. The summed E-state index contributed by atoms with van der Waals surface area (Å²) in [6.07, 6.45) is 0.743. The van der Waals surface area contributed by atoms with E-state index in [9.17, 15) is 4.79 Å². The van der Waals surface area contributed by atoms with Crippen LogP contribution in [0.1, 0.15) is 23.1 Å². The van der Waals surface area contributed by atoms with Crippen LogP contribution < -0.4 is 10.1 Å². The van der Waals surface area contributed by atoms with Crippen LogP contribution in [0.2, 0.25) is 0 Å². The first-order valence-corrected chi connectivity index (χ1v) is 11.2. The molecule has 2 aromatic carbocycles. The number of anilines is 1. The molecule has 0 bridgehead atoms. The summed E-state index contributed by atoms with van der Waals surface area (Å²) in [5.41, 5.74) is 4.06. The number of nitrogens with zero attached hydrogens (tertiary/aromatic N) is 4. The molecular formula is C23H23N5O2S. The number of nitrogens with one attached hydrogen (secondary N) is 1. The zero-order chi connectivity index (χ0) is 21.4. The van der Waals surface area contributed by atoms with Crippen molar-refractivity contribution in [2.45, 2.75) is 26.8 Å². The van der Waals surface area contributed by atoms with Gasteiger partial charge in [-0.25, -0.2) is 9.31 Å². The lowest BCUT2D eigenvalue weighted by Gasteiger charge is -2.27. The summed E-state index contributed by atoms with van der Waals surface area (Å²) < 4.78 is 7.55. The molecule has 3 heterocycles. The van der Waals surface area contributed by atoms with Gasteiger partial charge < -0.3 is 15.0 Å². The second-order valence-corrected chi connectivity index (χ2v) is 8.56. The van der Waals surface area contributed by atoms with Crippen LogP contribution in [0.3, 0.4) is 0 Å². The molecule has 1 aliphatic heterocycles. The summed E-state index contributed by atoms with van der Waals surface area (Å²) >= 11 is 1.60. The van der Waals surface area contributed by atoms with E-state index in [0.29, 0.717) is 31.1 Å². The molecule has 1 aliphatic rings. The van der Waals surface area contributed by atoms with Gasteiger partial charge in [-0.2, -0.15) is 4.98 Å². The van der Waals surface area contributed by atoms with Crippen molar-refractivity contribution in [1.29, 1.82) is 0 Å². The normalized spacial score (nSPS) is 13.3. The summed E-state index contributed by atoms with van der Waals surface area (Å²) in [4.78, 5) is 21.4. The highest BCUT2D eigenvalue weighted by Crippen LogP contribution is 2.30. The van der Waals surface area contributed by atoms with E-state index in [1.165, 1.54) is 5.56 Å². The van der Waals surface area contributed by atoms with Crippen LogP contribution in [0.4, 0.5) is 10.5 Å². The van der Waals surface area contributed by atoms with Crippen molar-refractivity contribution in [2.24, 2.45) is 0 Å². The van der Waals surface area contributed by atoms with Crippen LogP contribution in [-0.2, 0) is 13.0 Å². The fourth-order valence-electron chi connectivity index (χ4n) is 3.73. The fraction of sp³-hybridized carbons (Fsp3) is 0.261. The van der Waals surface area contributed by atoms with E-state index in [0.717, 1.165) is 33.3 Å². The molecule has 0 fully saturated rings. The summed E-state index contributed by atoms with van der Waals surface area (Å²) in [7, 11) is 0. The lowest BCUT2D eigenvalue weighted by atomic mass is 10.1. The molecule has 0 spiro atoms. The Kier molecular flexibility index (Phi) is 5.07. The summed E-state index contributed by atoms with van der Waals surface area (Å²) in [6, 6.07) is 15.6. The van der Waals surface area contributed by atoms with Crippen molar-refractivity contribution in [3.8, 4) is 17.1 Å². The van der Waals surface area contributed by atoms with Crippen molar-refractivity contribution in [2.75, 3.05) is 18.5 Å². The molecule has 7 nitrogen and oxygen atoms in total. The predicted molar refractivity (Wildman–Crippen MR) is 122 cm³/mol. The molecule has 1 N–H and O–H groups in total. The SMILES string of the molecule is CCOc1ccccc1NC(=O)N1CCc2c(sc3nc(-c4ccc(C)cc4)nn23)C1. The van der Waals surface area contributed by atoms with Gasteiger partial charge in [-0.15, -0.1) is 5.10 Å². The smallest absolute Gasteiger partial charge is 0.322 e. The minimum atomic E-state index is -0.128. The number of para-hydroxylation sites is 2. The Hall–Kier alpha value is -3.39. The predicted octanol–water partition coefficient (Wildman–Crippen LogP) is 4.76. The number of carbonyl (C=O) groups is 1. The second kappa shape index (κ2) is 8.03. The van der Waals surface area contributed by atoms with Crippen LogP contribution in [0.25, 0.3) is 16.3 Å². The van der Waals surface area contributed by atoms with Crippen molar-refractivity contribution >= 4 is 28.0 Å². The number of aromatic nitrogens is 3. The molecule has 0 saturated carbocycles. The van der Waals surface area contributed by atoms with Gasteiger partial charge in [0, 0.05) is 23.4 Å². The van der Waals surface area contributed by atoms with Crippen molar-refractivity contribution in [3.63, 3.8) is 0 Å². The number of amides is 2. The maximum atomic E-state index is 12.9. The van der Waals surface area contributed by atoms with Gasteiger partial charge in [0.05, 0.1) is 24.5 Å². The minimum Gasteiger partial charge on any atom is -0.492 e. The number of carbonyl (C=O) groups excluding carboxylic acids is 1. The van der Waals surface area contributed by atoms with E-state index in [2.05, 4.69) is 24.4 Å². The third kappa shape index (κ3) is 3.74. The molecular weight excluding hydrogens is 410 g/mol. The molecule has 31 heavy (non-hydrogen) atoms. The third-order valence-corrected chi connectivity index (χ3v) is 6.41.